The number of hydrogen-bond donors (Lipinski definition) is 1. The van der Waals surface area contributed by atoms with Gasteiger partial charge in [0.05, 0.1) is 25.6 Å². The Hall–Kier alpha value is -2.82. The van der Waals surface area contributed by atoms with Gasteiger partial charge >= 0.3 is 0 Å². The van der Waals surface area contributed by atoms with Crippen molar-refractivity contribution in [2.45, 2.75) is 19.4 Å². The van der Waals surface area contributed by atoms with Crippen molar-refractivity contribution in [1.29, 1.82) is 0 Å². The largest absolute Gasteiger partial charge is 0.497 e. The van der Waals surface area contributed by atoms with Gasteiger partial charge in [-0.05, 0) is 34.9 Å². The third kappa shape index (κ3) is 3.69. The normalized spacial score (nSPS) is 10.8. The predicted octanol–water partition coefficient (Wildman–Crippen LogP) is 2.32. The lowest BCUT2D eigenvalue weighted by Gasteiger charge is -2.06. The number of nitrogens with zero attached hydrogens (tertiary/aromatic N) is 2. The van der Waals surface area contributed by atoms with Crippen molar-refractivity contribution in [3.8, 4) is 5.75 Å². The molecule has 0 fully saturated rings. The quantitative estimate of drug-likeness (QED) is 0.759. The molecule has 23 heavy (non-hydrogen) atoms. The highest BCUT2D eigenvalue weighted by Crippen LogP contribution is 2.22. The van der Waals surface area contributed by atoms with E-state index in [9.17, 15) is 4.79 Å². The number of ether oxygens (including phenoxy) is 1. The second-order valence-corrected chi connectivity index (χ2v) is 5.54. The summed E-state index contributed by atoms with van der Waals surface area (Å²) in [4.78, 5) is 15.1. The minimum Gasteiger partial charge on any atom is -0.497 e. The molecule has 3 rings (SSSR count). The Kier molecular flexibility index (Phi) is 4.28. The zero-order valence-corrected chi connectivity index (χ0v) is 13.0. The van der Waals surface area contributed by atoms with Gasteiger partial charge in [0, 0.05) is 12.7 Å². The van der Waals surface area contributed by atoms with E-state index >= 15 is 0 Å². The van der Waals surface area contributed by atoms with Gasteiger partial charge < -0.3 is 15.0 Å². The Labute approximate surface area is 134 Å². The average molecular weight is 309 g/mol. The monoisotopic (exact) mass is 309 g/mol. The molecule has 0 spiro atoms. The van der Waals surface area contributed by atoms with Gasteiger partial charge in [-0.3, -0.25) is 4.79 Å². The van der Waals surface area contributed by atoms with Crippen LogP contribution < -0.4 is 10.5 Å². The molecule has 118 valence electrons. The van der Waals surface area contributed by atoms with Crippen molar-refractivity contribution < 1.29 is 9.53 Å². The van der Waals surface area contributed by atoms with E-state index in [0.29, 0.717) is 5.69 Å². The van der Waals surface area contributed by atoms with Crippen LogP contribution in [0.4, 0.5) is 0 Å². The van der Waals surface area contributed by atoms with Gasteiger partial charge in [0.1, 0.15) is 5.75 Å². The standard InChI is InChI=1S/C18H19N3O2/c1-23-17-5-4-14-3-2-13(8-15(14)9-17)6-7-21-11-16(20-12-21)10-18(19)22/h2-5,8-9,11-12H,6-7,10H2,1H3,(H2,19,22). The summed E-state index contributed by atoms with van der Waals surface area (Å²) in [6, 6.07) is 12.5. The van der Waals surface area contributed by atoms with Crippen LogP contribution in [0.25, 0.3) is 10.8 Å². The summed E-state index contributed by atoms with van der Waals surface area (Å²) in [7, 11) is 1.67. The van der Waals surface area contributed by atoms with Crippen LogP contribution >= 0.6 is 0 Å². The second-order valence-electron chi connectivity index (χ2n) is 5.54. The van der Waals surface area contributed by atoms with Gasteiger partial charge in [-0.25, -0.2) is 4.98 Å². The Morgan fingerprint density at radius 1 is 1.22 bits per heavy atom. The first-order chi connectivity index (χ1) is 11.1. The molecular formula is C18H19N3O2. The van der Waals surface area contributed by atoms with Crippen LogP contribution in [0.1, 0.15) is 11.3 Å². The summed E-state index contributed by atoms with van der Waals surface area (Å²) in [5.74, 6) is 0.499. The van der Waals surface area contributed by atoms with E-state index in [1.54, 1.807) is 13.4 Å². The van der Waals surface area contributed by atoms with E-state index < -0.39 is 0 Å². The number of carbonyl (C=O) groups is 1. The van der Waals surface area contributed by atoms with E-state index in [4.69, 9.17) is 10.5 Å². The van der Waals surface area contributed by atoms with E-state index in [0.717, 1.165) is 18.7 Å². The number of amides is 1. The van der Waals surface area contributed by atoms with E-state index in [1.807, 2.05) is 22.9 Å². The summed E-state index contributed by atoms with van der Waals surface area (Å²) < 4.78 is 7.26. The predicted molar refractivity (Wildman–Crippen MR) is 89.3 cm³/mol. The van der Waals surface area contributed by atoms with Crippen LogP contribution in [0.3, 0.4) is 0 Å². The molecule has 1 amide bonds. The molecule has 1 heterocycles. The van der Waals surface area contributed by atoms with Crippen molar-refractivity contribution in [2.75, 3.05) is 7.11 Å². The summed E-state index contributed by atoms with van der Waals surface area (Å²) >= 11 is 0. The maximum Gasteiger partial charge on any atom is 0.223 e. The number of benzene rings is 2. The molecule has 2 aromatic carbocycles. The maximum atomic E-state index is 10.9. The SMILES string of the molecule is COc1ccc2ccc(CCn3cnc(CC(N)=O)c3)cc2c1. The smallest absolute Gasteiger partial charge is 0.223 e. The number of nitrogens with two attached hydrogens (primary N) is 1. The lowest BCUT2D eigenvalue weighted by atomic mass is 10.0. The van der Waals surface area contributed by atoms with E-state index in [-0.39, 0.29) is 12.3 Å². The molecule has 0 radical (unpaired) electrons. The van der Waals surface area contributed by atoms with Crippen molar-refractivity contribution in [3.05, 3.63) is 60.2 Å². The Morgan fingerprint density at radius 3 is 2.83 bits per heavy atom. The van der Waals surface area contributed by atoms with Crippen molar-refractivity contribution in [3.63, 3.8) is 0 Å². The van der Waals surface area contributed by atoms with E-state index in [2.05, 4.69) is 29.2 Å². The van der Waals surface area contributed by atoms with Crippen LogP contribution in [0.5, 0.6) is 5.75 Å². The number of rotatable bonds is 6. The first-order valence-electron chi connectivity index (χ1n) is 7.50. The Balaban J connectivity index is 1.71. The molecule has 0 saturated heterocycles. The van der Waals surface area contributed by atoms with Crippen LogP contribution in [0.15, 0.2) is 48.9 Å². The van der Waals surface area contributed by atoms with Crippen LogP contribution in [0, 0.1) is 0 Å². The summed E-state index contributed by atoms with van der Waals surface area (Å²) in [5, 5.41) is 2.36. The van der Waals surface area contributed by atoms with Gasteiger partial charge in [-0.15, -0.1) is 0 Å². The average Bonchev–Trinajstić information content (AvgIpc) is 2.98. The molecule has 0 bridgehead atoms. The van der Waals surface area contributed by atoms with E-state index in [1.165, 1.54) is 16.3 Å². The minimum absolute atomic E-state index is 0.183. The first-order valence-corrected chi connectivity index (χ1v) is 7.50. The second kappa shape index (κ2) is 6.52. The van der Waals surface area contributed by atoms with Crippen LogP contribution in [0.2, 0.25) is 0 Å². The third-order valence-electron chi connectivity index (χ3n) is 3.81. The summed E-state index contributed by atoms with van der Waals surface area (Å²) in [5.41, 5.74) is 7.13. The van der Waals surface area contributed by atoms with Gasteiger partial charge in [-0.1, -0.05) is 24.3 Å². The topological polar surface area (TPSA) is 70.1 Å². The number of aryl methyl sites for hydroxylation is 2. The van der Waals surface area contributed by atoms with Gasteiger partial charge in [0.15, 0.2) is 0 Å². The summed E-state index contributed by atoms with van der Waals surface area (Å²) in [6.45, 7) is 0.807. The third-order valence-corrected chi connectivity index (χ3v) is 3.81. The molecule has 0 aliphatic carbocycles. The maximum absolute atomic E-state index is 10.9. The molecule has 3 aromatic rings. The molecule has 0 aliphatic heterocycles. The number of primary amides is 1. The Bertz CT molecular complexity index is 839. The van der Waals surface area contributed by atoms with Crippen LogP contribution in [-0.2, 0) is 24.2 Å². The fraction of sp³-hybridized carbons (Fsp3) is 0.222. The Morgan fingerprint density at radius 2 is 2.04 bits per heavy atom. The molecule has 5 heteroatoms. The number of fused-ring (bicyclic) bond motifs is 1. The molecule has 0 unspecified atom stereocenters. The molecule has 5 nitrogen and oxygen atoms in total. The number of methoxy groups -OCH3 is 1. The molecule has 2 N–H and O–H groups in total. The lowest BCUT2D eigenvalue weighted by molar-refractivity contribution is -0.117. The fourth-order valence-electron chi connectivity index (χ4n) is 2.61. The molecule has 0 saturated carbocycles. The molecular weight excluding hydrogens is 290 g/mol. The van der Waals surface area contributed by atoms with Gasteiger partial charge in [-0.2, -0.15) is 0 Å². The number of carbonyl (C=O) groups excluding carboxylic acids is 1. The minimum atomic E-state index is -0.362. The van der Waals surface area contributed by atoms with Crippen LogP contribution in [-0.4, -0.2) is 22.6 Å². The van der Waals surface area contributed by atoms with Crippen molar-refractivity contribution in [2.24, 2.45) is 5.73 Å². The highest BCUT2D eigenvalue weighted by Gasteiger charge is 2.04. The van der Waals surface area contributed by atoms with Crippen molar-refractivity contribution >= 4 is 16.7 Å². The molecule has 0 atom stereocenters. The zero-order chi connectivity index (χ0) is 16.2. The number of aromatic nitrogens is 2. The fourth-order valence-corrected chi connectivity index (χ4v) is 2.61. The van der Waals surface area contributed by atoms with Crippen molar-refractivity contribution in [1.82, 2.24) is 9.55 Å². The summed E-state index contributed by atoms with van der Waals surface area (Å²) in [6.07, 6.45) is 4.68. The first kappa shape index (κ1) is 15.1. The van der Waals surface area contributed by atoms with Gasteiger partial charge in [0.25, 0.3) is 0 Å². The highest BCUT2D eigenvalue weighted by molar-refractivity contribution is 5.84. The molecule has 0 aliphatic rings. The lowest BCUT2D eigenvalue weighted by Crippen LogP contribution is -2.13. The highest BCUT2D eigenvalue weighted by atomic mass is 16.5. The molecule has 1 aromatic heterocycles. The number of hydrogen-bond acceptors (Lipinski definition) is 3. The zero-order valence-electron chi connectivity index (χ0n) is 13.0. The van der Waals surface area contributed by atoms with Gasteiger partial charge in [0.2, 0.25) is 5.91 Å². The number of imidazole rings is 1.